The van der Waals surface area contributed by atoms with Crippen LogP contribution in [-0.2, 0) is 6.54 Å². The second-order valence-corrected chi connectivity index (χ2v) is 4.58. The smallest absolute Gasteiger partial charge is 0.0319 e. The lowest BCUT2D eigenvalue weighted by molar-refractivity contribution is 0.399. The lowest BCUT2D eigenvalue weighted by atomic mass is 10.0. The molecule has 3 nitrogen and oxygen atoms in total. The zero-order chi connectivity index (χ0) is 15.4. The Morgan fingerprint density at radius 2 is 1.70 bits per heavy atom. The van der Waals surface area contributed by atoms with E-state index in [1.807, 2.05) is 42.7 Å². The molecule has 0 saturated heterocycles. The molecule has 0 atom stereocenters. The van der Waals surface area contributed by atoms with Crippen molar-refractivity contribution in [2.75, 3.05) is 7.11 Å². The zero-order valence-electron chi connectivity index (χ0n) is 12.9. The molecule has 1 heterocycles. The van der Waals surface area contributed by atoms with Crippen molar-refractivity contribution < 1.29 is 5.11 Å². The van der Waals surface area contributed by atoms with Crippen LogP contribution < -0.4 is 5.73 Å². The third kappa shape index (κ3) is 7.02. The number of hydrogen-bond acceptors (Lipinski definition) is 3. The number of aromatic nitrogens is 1. The molecular formula is C17H26N2O. The van der Waals surface area contributed by atoms with E-state index in [1.54, 1.807) is 0 Å². The van der Waals surface area contributed by atoms with Crippen LogP contribution in [0.25, 0.3) is 0 Å². The molecule has 0 spiro atoms. The molecule has 110 valence electrons. The number of aliphatic hydroxyl groups excluding tert-OH is 1. The molecule has 1 aromatic heterocycles. The van der Waals surface area contributed by atoms with Gasteiger partial charge in [-0.15, -0.1) is 0 Å². The molecule has 20 heavy (non-hydrogen) atoms. The maximum Gasteiger partial charge on any atom is 0.0319 e. The molecule has 3 N–H and O–H groups in total. The second kappa shape index (κ2) is 11.1. The van der Waals surface area contributed by atoms with Crippen molar-refractivity contribution in [1.82, 2.24) is 4.98 Å². The fourth-order valence-corrected chi connectivity index (χ4v) is 1.69. The van der Waals surface area contributed by atoms with Gasteiger partial charge in [0.1, 0.15) is 0 Å². The van der Waals surface area contributed by atoms with Crippen LogP contribution in [0.1, 0.15) is 36.5 Å². The van der Waals surface area contributed by atoms with Crippen LogP contribution in [-0.4, -0.2) is 17.2 Å². The predicted molar refractivity (Wildman–Crippen MR) is 85.5 cm³/mol. The van der Waals surface area contributed by atoms with Gasteiger partial charge in [-0.25, -0.2) is 0 Å². The number of pyridine rings is 1. The molecule has 1 aromatic carbocycles. The van der Waals surface area contributed by atoms with Gasteiger partial charge in [-0.1, -0.05) is 44.2 Å². The van der Waals surface area contributed by atoms with E-state index >= 15 is 0 Å². The fraction of sp³-hybridized carbons (Fsp3) is 0.353. The maximum absolute atomic E-state index is 7.00. The van der Waals surface area contributed by atoms with E-state index in [1.165, 1.54) is 16.7 Å². The molecule has 3 heteroatoms. The summed E-state index contributed by atoms with van der Waals surface area (Å²) in [6.07, 6.45) is 3.78. The van der Waals surface area contributed by atoms with Crippen molar-refractivity contribution in [2.24, 2.45) is 5.73 Å². The predicted octanol–water partition coefficient (Wildman–Crippen LogP) is 3.27. The number of aliphatic hydroxyl groups is 1. The van der Waals surface area contributed by atoms with Gasteiger partial charge in [-0.3, -0.25) is 4.98 Å². The minimum atomic E-state index is 0.591. The summed E-state index contributed by atoms with van der Waals surface area (Å²) in [5.74, 6) is 0.591. The summed E-state index contributed by atoms with van der Waals surface area (Å²) in [6.45, 7) is 7.13. The summed E-state index contributed by atoms with van der Waals surface area (Å²) >= 11 is 0. The Morgan fingerprint density at radius 3 is 2.05 bits per heavy atom. The van der Waals surface area contributed by atoms with Gasteiger partial charge in [0.15, 0.2) is 0 Å². The van der Waals surface area contributed by atoms with Crippen molar-refractivity contribution in [1.29, 1.82) is 0 Å². The standard InChI is InChI=1S/C9H13N.C7H9N.CH4O/c1-7(2)9-6-10-5-4-8(9)3;8-6-7-4-2-1-3-5-7;1-2/h4-7H,1-3H3;1-5H,6,8H2;2H,1H3. The van der Waals surface area contributed by atoms with E-state index in [0.717, 1.165) is 7.11 Å². The second-order valence-electron chi connectivity index (χ2n) is 4.58. The molecule has 0 bridgehead atoms. The largest absolute Gasteiger partial charge is 0.400 e. The fourth-order valence-electron chi connectivity index (χ4n) is 1.69. The third-order valence-electron chi connectivity index (χ3n) is 2.78. The Balaban J connectivity index is 0.000000327. The summed E-state index contributed by atoms with van der Waals surface area (Å²) in [6, 6.07) is 12.0. The molecule has 0 saturated carbocycles. The summed E-state index contributed by atoms with van der Waals surface area (Å²) in [5.41, 5.74) is 9.22. The molecule has 0 radical (unpaired) electrons. The molecule has 0 aliphatic carbocycles. The summed E-state index contributed by atoms with van der Waals surface area (Å²) in [7, 11) is 1.00. The molecule has 2 aromatic rings. The van der Waals surface area contributed by atoms with Gasteiger partial charge in [-0.05, 0) is 35.6 Å². The van der Waals surface area contributed by atoms with Gasteiger partial charge >= 0.3 is 0 Å². The first kappa shape index (κ1) is 18.3. The topological polar surface area (TPSA) is 59.1 Å². The van der Waals surface area contributed by atoms with Crippen LogP contribution >= 0.6 is 0 Å². The van der Waals surface area contributed by atoms with Crippen LogP contribution in [0, 0.1) is 6.92 Å². The first-order valence-electron chi connectivity index (χ1n) is 6.74. The first-order valence-corrected chi connectivity index (χ1v) is 6.74. The van der Waals surface area contributed by atoms with E-state index in [2.05, 4.69) is 31.8 Å². The van der Waals surface area contributed by atoms with Gasteiger partial charge in [0, 0.05) is 26.0 Å². The van der Waals surface area contributed by atoms with Gasteiger partial charge in [0.25, 0.3) is 0 Å². The van der Waals surface area contributed by atoms with Crippen molar-refractivity contribution in [3.63, 3.8) is 0 Å². The Hall–Kier alpha value is -1.71. The molecule has 2 rings (SSSR count). The SMILES string of the molecule is CO.Cc1ccncc1C(C)C.NCc1ccccc1. The number of nitrogens with two attached hydrogens (primary N) is 1. The lowest BCUT2D eigenvalue weighted by Crippen LogP contribution is -1.94. The van der Waals surface area contributed by atoms with E-state index < -0.39 is 0 Å². The minimum Gasteiger partial charge on any atom is -0.400 e. The normalized spacial score (nSPS) is 9.15. The molecule has 0 aliphatic heterocycles. The highest BCUT2D eigenvalue weighted by Gasteiger charge is 2.00. The van der Waals surface area contributed by atoms with E-state index in [-0.39, 0.29) is 0 Å². The average Bonchev–Trinajstić information content (AvgIpc) is 2.51. The van der Waals surface area contributed by atoms with Crippen molar-refractivity contribution in [3.05, 3.63) is 65.5 Å². The van der Waals surface area contributed by atoms with Crippen molar-refractivity contribution in [3.8, 4) is 0 Å². The summed E-state index contributed by atoms with van der Waals surface area (Å²) < 4.78 is 0. The van der Waals surface area contributed by atoms with Gasteiger partial charge in [0.2, 0.25) is 0 Å². The highest BCUT2D eigenvalue weighted by atomic mass is 16.2. The maximum atomic E-state index is 7.00. The molecule has 0 aliphatic rings. The van der Waals surface area contributed by atoms with Crippen LogP contribution in [0.2, 0.25) is 0 Å². The number of aryl methyl sites for hydroxylation is 1. The summed E-state index contributed by atoms with van der Waals surface area (Å²) in [4.78, 5) is 4.07. The number of nitrogens with zero attached hydrogens (tertiary/aromatic N) is 1. The number of hydrogen-bond donors (Lipinski definition) is 2. The van der Waals surface area contributed by atoms with Crippen molar-refractivity contribution in [2.45, 2.75) is 33.2 Å². The van der Waals surface area contributed by atoms with Gasteiger partial charge in [-0.2, -0.15) is 0 Å². The highest BCUT2D eigenvalue weighted by molar-refractivity contribution is 5.24. The molecule has 0 fully saturated rings. The molecule has 0 amide bonds. The highest BCUT2D eigenvalue weighted by Crippen LogP contribution is 2.16. The number of benzene rings is 1. The van der Waals surface area contributed by atoms with Crippen molar-refractivity contribution >= 4 is 0 Å². The monoisotopic (exact) mass is 274 g/mol. The zero-order valence-corrected chi connectivity index (χ0v) is 12.9. The van der Waals surface area contributed by atoms with Crippen LogP contribution in [0.4, 0.5) is 0 Å². The van der Waals surface area contributed by atoms with Gasteiger partial charge < -0.3 is 10.8 Å². The minimum absolute atomic E-state index is 0.591. The lowest BCUT2D eigenvalue weighted by Gasteiger charge is -2.06. The van der Waals surface area contributed by atoms with E-state index in [4.69, 9.17) is 10.8 Å². The van der Waals surface area contributed by atoms with Crippen LogP contribution in [0.15, 0.2) is 48.8 Å². The van der Waals surface area contributed by atoms with Crippen LogP contribution in [0.5, 0.6) is 0 Å². The summed E-state index contributed by atoms with van der Waals surface area (Å²) in [5, 5.41) is 7.00. The molecular weight excluding hydrogens is 248 g/mol. The van der Waals surface area contributed by atoms with Crippen LogP contribution in [0.3, 0.4) is 0 Å². The van der Waals surface area contributed by atoms with E-state index in [0.29, 0.717) is 12.5 Å². The Morgan fingerprint density at radius 1 is 1.10 bits per heavy atom. The third-order valence-corrected chi connectivity index (χ3v) is 2.78. The first-order chi connectivity index (χ1) is 9.65. The number of rotatable bonds is 2. The molecule has 0 unspecified atom stereocenters. The average molecular weight is 274 g/mol. The Kier molecular flexibility index (Phi) is 10.2. The Bertz CT molecular complexity index is 456. The quantitative estimate of drug-likeness (QED) is 0.883. The van der Waals surface area contributed by atoms with E-state index in [9.17, 15) is 0 Å². The van der Waals surface area contributed by atoms with Gasteiger partial charge in [0.05, 0.1) is 0 Å². The Labute approximate surface area is 122 Å².